The Kier molecular flexibility index (Phi) is 3.59. The number of hydrogen-bond donors (Lipinski definition) is 1. The van der Waals surface area contributed by atoms with Crippen molar-refractivity contribution in [1.82, 2.24) is 15.1 Å². The van der Waals surface area contributed by atoms with Crippen LogP contribution in [0.15, 0.2) is 0 Å². The number of nitrogens with one attached hydrogen (secondary N) is 1. The van der Waals surface area contributed by atoms with Crippen LogP contribution >= 0.6 is 0 Å². The number of amides is 1. The number of carbonyl (C=O) groups excluding carboxylic acids is 1. The molecule has 1 amide bonds. The number of nitrogens with zero attached hydrogens (tertiary/aromatic N) is 2. The predicted octanol–water partition coefficient (Wildman–Crippen LogP) is -0.0975. The number of piperazine rings is 1. The van der Waals surface area contributed by atoms with Gasteiger partial charge >= 0.3 is 0 Å². The van der Waals surface area contributed by atoms with Crippen molar-refractivity contribution in [2.24, 2.45) is 0 Å². The first-order chi connectivity index (χ1) is 7.29. The molecule has 2 rings (SSSR count). The smallest absolute Gasteiger partial charge is 0.239 e. The molecule has 0 saturated carbocycles. The number of hydrogen-bond acceptors (Lipinski definition) is 3. The van der Waals surface area contributed by atoms with Crippen LogP contribution in [0.1, 0.15) is 19.8 Å². The van der Waals surface area contributed by atoms with Gasteiger partial charge < -0.3 is 10.2 Å². The monoisotopic (exact) mass is 211 g/mol. The first-order valence-corrected chi connectivity index (χ1v) is 6.02. The largest absolute Gasteiger partial charge is 0.341 e. The number of likely N-dealkylation sites (tertiary alicyclic amines) is 1. The van der Waals surface area contributed by atoms with Crippen LogP contribution in [0.4, 0.5) is 0 Å². The van der Waals surface area contributed by atoms with Crippen LogP contribution in [-0.4, -0.2) is 61.0 Å². The van der Waals surface area contributed by atoms with Crippen molar-refractivity contribution < 1.29 is 4.79 Å². The summed E-state index contributed by atoms with van der Waals surface area (Å²) in [6.45, 7) is 8.01. The van der Waals surface area contributed by atoms with Gasteiger partial charge in [-0.1, -0.05) is 0 Å². The fraction of sp³-hybridized carbons (Fsp3) is 0.909. The first-order valence-electron chi connectivity index (χ1n) is 6.02. The summed E-state index contributed by atoms with van der Waals surface area (Å²) in [6.07, 6.45) is 2.36. The van der Waals surface area contributed by atoms with Crippen LogP contribution in [0.2, 0.25) is 0 Å². The summed E-state index contributed by atoms with van der Waals surface area (Å²) in [4.78, 5) is 16.4. The molecule has 0 aliphatic carbocycles. The van der Waals surface area contributed by atoms with Crippen molar-refractivity contribution in [2.45, 2.75) is 25.8 Å². The van der Waals surface area contributed by atoms with E-state index in [-0.39, 0.29) is 6.04 Å². The van der Waals surface area contributed by atoms with E-state index >= 15 is 0 Å². The van der Waals surface area contributed by atoms with E-state index in [9.17, 15) is 4.79 Å². The second-order valence-corrected chi connectivity index (χ2v) is 4.49. The second kappa shape index (κ2) is 4.94. The standard InChI is InChI=1S/C11H21N3O/c1-10(13-8-4-12-5-9-13)11(15)14-6-2-3-7-14/h10,12H,2-9H2,1H3/t10-/m0/s1. The molecule has 4 heteroatoms. The van der Waals surface area contributed by atoms with E-state index in [1.54, 1.807) is 0 Å². The molecule has 15 heavy (non-hydrogen) atoms. The Labute approximate surface area is 91.6 Å². The van der Waals surface area contributed by atoms with E-state index in [2.05, 4.69) is 10.2 Å². The predicted molar refractivity (Wildman–Crippen MR) is 59.7 cm³/mol. The molecule has 0 aromatic rings. The van der Waals surface area contributed by atoms with Crippen LogP contribution in [0.25, 0.3) is 0 Å². The third kappa shape index (κ3) is 2.49. The van der Waals surface area contributed by atoms with Crippen LogP contribution in [0, 0.1) is 0 Å². The normalized spacial score (nSPS) is 25.5. The van der Waals surface area contributed by atoms with E-state index < -0.39 is 0 Å². The highest BCUT2D eigenvalue weighted by Gasteiger charge is 2.28. The van der Waals surface area contributed by atoms with E-state index in [1.165, 1.54) is 12.8 Å². The highest BCUT2D eigenvalue weighted by Crippen LogP contribution is 2.12. The summed E-state index contributed by atoms with van der Waals surface area (Å²) in [5.41, 5.74) is 0. The molecule has 0 aromatic carbocycles. The van der Waals surface area contributed by atoms with Crippen molar-refractivity contribution >= 4 is 5.91 Å². The maximum absolute atomic E-state index is 12.1. The zero-order valence-corrected chi connectivity index (χ0v) is 9.54. The minimum absolute atomic E-state index is 0.0743. The first kappa shape index (κ1) is 10.9. The van der Waals surface area contributed by atoms with Gasteiger partial charge in [-0.3, -0.25) is 9.69 Å². The Hall–Kier alpha value is -0.610. The minimum atomic E-state index is 0.0743. The molecule has 0 spiro atoms. The molecule has 2 aliphatic rings. The molecule has 1 N–H and O–H groups in total. The lowest BCUT2D eigenvalue weighted by Gasteiger charge is -2.33. The molecular formula is C11H21N3O. The molecule has 0 bridgehead atoms. The molecule has 2 heterocycles. The van der Waals surface area contributed by atoms with Gasteiger partial charge in [-0.15, -0.1) is 0 Å². The van der Waals surface area contributed by atoms with Gasteiger partial charge in [0.15, 0.2) is 0 Å². The Morgan fingerprint density at radius 1 is 1.13 bits per heavy atom. The van der Waals surface area contributed by atoms with Gasteiger partial charge in [0.2, 0.25) is 5.91 Å². The fourth-order valence-corrected chi connectivity index (χ4v) is 2.43. The molecule has 0 aromatic heterocycles. The topological polar surface area (TPSA) is 35.6 Å². The van der Waals surface area contributed by atoms with Gasteiger partial charge in [0, 0.05) is 39.3 Å². The maximum Gasteiger partial charge on any atom is 0.239 e. The summed E-state index contributed by atoms with van der Waals surface area (Å²) in [6, 6.07) is 0.0743. The zero-order chi connectivity index (χ0) is 10.7. The van der Waals surface area contributed by atoms with Crippen molar-refractivity contribution in [1.29, 1.82) is 0 Å². The summed E-state index contributed by atoms with van der Waals surface area (Å²) in [7, 11) is 0. The van der Waals surface area contributed by atoms with Crippen LogP contribution in [-0.2, 0) is 4.79 Å². The van der Waals surface area contributed by atoms with Crippen molar-refractivity contribution in [3.05, 3.63) is 0 Å². The van der Waals surface area contributed by atoms with E-state index in [0.717, 1.165) is 39.3 Å². The van der Waals surface area contributed by atoms with E-state index in [4.69, 9.17) is 0 Å². The molecule has 0 radical (unpaired) electrons. The van der Waals surface area contributed by atoms with Gasteiger partial charge in [0.1, 0.15) is 0 Å². The van der Waals surface area contributed by atoms with Gasteiger partial charge in [-0.25, -0.2) is 0 Å². The summed E-state index contributed by atoms with van der Waals surface area (Å²) < 4.78 is 0. The Balaban J connectivity index is 1.87. The lowest BCUT2D eigenvalue weighted by Crippen LogP contribution is -2.53. The third-order valence-corrected chi connectivity index (χ3v) is 3.47. The number of rotatable bonds is 2. The van der Waals surface area contributed by atoms with Crippen molar-refractivity contribution in [3.8, 4) is 0 Å². The lowest BCUT2D eigenvalue weighted by atomic mass is 10.2. The van der Waals surface area contributed by atoms with Crippen LogP contribution in [0.3, 0.4) is 0 Å². The third-order valence-electron chi connectivity index (χ3n) is 3.47. The number of carbonyl (C=O) groups is 1. The van der Waals surface area contributed by atoms with Crippen molar-refractivity contribution in [2.75, 3.05) is 39.3 Å². The van der Waals surface area contributed by atoms with Gasteiger partial charge in [0.05, 0.1) is 6.04 Å². The average molecular weight is 211 g/mol. The van der Waals surface area contributed by atoms with E-state index in [1.807, 2.05) is 11.8 Å². The second-order valence-electron chi connectivity index (χ2n) is 4.49. The highest BCUT2D eigenvalue weighted by molar-refractivity contribution is 5.81. The Bertz CT molecular complexity index is 220. The summed E-state index contributed by atoms with van der Waals surface area (Å²) >= 11 is 0. The molecule has 86 valence electrons. The quantitative estimate of drug-likeness (QED) is 0.693. The molecule has 0 unspecified atom stereocenters. The Morgan fingerprint density at radius 2 is 1.73 bits per heavy atom. The van der Waals surface area contributed by atoms with Crippen LogP contribution < -0.4 is 5.32 Å². The molecule has 2 aliphatic heterocycles. The lowest BCUT2D eigenvalue weighted by molar-refractivity contribution is -0.135. The highest BCUT2D eigenvalue weighted by atomic mass is 16.2. The van der Waals surface area contributed by atoms with Crippen molar-refractivity contribution in [3.63, 3.8) is 0 Å². The molecular weight excluding hydrogens is 190 g/mol. The van der Waals surface area contributed by atoms with E-state index in [0.29, 0.717) is 5.91 Å². The molecule has 2 fully saturated rings. The summed E-state index contributed by atoms with van der Waals surface area (Å²) in [5, 5.41) is 3.31. The van der Waals surface area contributed by atoms with Gasteiger partial charge in [-0.2, -0.15) is 0 Å². The SMILES string of the molecule is C[C@@H](C(=O)N1CCCC1)N1CCNCC1. The molecule has 4 nitrogen and oxygen atoms in total. The van der Waals surface area contributed by atoms with Gasteiger partial charge in [-0.05, 0) is 19.8 Å². The average Bonchev–Trinajstić information content (AvgIpc) is 2.82. The zero-order valence-electron chi connectivity index (χ0n) is 9.54. The maximum atomic E-state index is 12.1. The minimum Gasteiger partial charge on any atom is -0.341 e. The Morgan fingerprint density at radius 3 is 2.33 bits per heavy atom. The molecule has 2 saturated heterocycles. The summed E-state index contributed by atoms with van der Waals surface area (Å²) in [5.74, 6) is 0.328. The fourth-order valence-electron chi connectivity index (χ4n) is 2.43. The van der Waals surface area contributed by atoms with Gasteiger partial charge in [0.25, 0.3) is 0 Å². The van der Waals surface area contributed by atoms with Crippen LogP contribution in [0.5, 0.6) is 0 Å². The molecule has 1 atom stereocenters.